The molecule has 1 aliphatic rings. The molecule has 94 valence electrons. The third kappa shape index (κ3) is 1.69. The molecule has 0 aliphatic heterocycles. The number of aryl methyl sites for hydroxylation is 1. The molecule has 3 nitrogen and oxygen atoms in total. The van der Waals surface area contributed by atoms with E-state index in [0.29, 0.717) is 5.75 Å². The van der Waals surface area contributed by atoms with Crippen LogP contribution in [0, 0.1) is 13.8 Å². The molecule has 0 aromatic heterocycles. The molecule has 0 saturated heterocycles. The first kappa shape index (κ1) is 12.2. The van der Waals surface area contributed by atoms with Gasteiger partial charge < -0.3 is 15.6 Å². The van der Waals surface area contributed by atoms with E-state index < -0.39 is 0 Å². The van der Waals surface area contributed by atoms with Crippen molar-refractivity contribution in [2.75, 3.05) is 7.11 Å². The van der Waals surface area contributed by atoms with Crippen LogP contribution >= 0.6 is 0 Å². The summed E-state index contributed by atoms with van der Waals surface area (Å²) in [7, 11) is 1.58. The van der Waals surface area contributed by atoms with E-state index in [-0.39, 0.29) is 17.2 Å². The summed E-state index contributed by atoms with van der Waals surface area (Å²) in [5.41, 5.74) is 9.31. The Labute approximate surface area is 103 Å². The molecule has 0 bridgehead atoms. The van der Waals surface area contributed by atoms with Crippen LogP contribution in [0.4, 0.5) is 0 Å². The second-order valence-corrected chi connectivity index (χ2v) is 5.19. The fraction of sp³-hybridized carbons (Fsp3) is 0.571. The monoisotopic (exact) mass is 235 g/mol. The Balaban J connectivity index is 2.64. The fourth-order valence-electron chi connectivity index (χ4n) is 2.70. The van der Waals surface area contributed by atoms with Crippen molar-refractivity contribution in [2.45, 2.75) is 45.1 Å². The largest absolute Gasteiger partial charge is 0.504 e. The molecule has 1 aromatic rings. The van der Waals surface area contributed by atoms with Gasteiger partial charge in [0.1, 0.15) is 0 Å². The summed E-state index contributed by atoms with van der Waals surface area (Å²) in [5.74, 6) is 0.820. The van der Waals surface area contributed by atoms with E-state index in [0.717, 1.165) is 29.5 Å². The van der Waals surface area contributed by atoms with Crippen LogP contribution in [-0.4, -0.2) is 18.3 Å². The van der Waals surface area contributed by atoms with E-state index in [1.165, 1.54) is 0 Å². The average molecular weight is 235 g/mol. The number of hydrogen-bond acceptors (Lipinski definition) is 3. The predicted molar refractivity (Wildman–Crippen MR) is 68.7 cm³/mol. The number of nitrogens with two attached hydrogens (primary N) is 1. The standard InChI is InChI=1S/C14H21NO2/c1-8-7-11(17-4)13(16)12(9(8)2)14(5-6-14)10(3)15/h7,10,16H,5-6,15H2,1-4H3. The van der Waals surface area contributed by atoms with Crippen LogP contribution in [0.5, 0.6) is 11.5 Å². The van der Waals surface area contributed by atoms with Crippen LogP contribution in [-0.2, 0) is 5.41 Å². The van der Waals surface area contributed by atoms with E-state index in [1.54, 1.807) is 7.11 Å². The van der Waals surface area contributed by atoms with Crippen LogP contribution in [0.3, 0.4) is 0 Å². The molecule has 0 spiro atoms. The van der Waals surface area contributed by atoms with Crippen LogP contribution in [0.25, 0.3) is 0 Å². The van der Waals surface area contributed by atoms with E-state index in [1.807, 2.05) is 26.8 Å². The van der Waals surface area contributed by atoms with E-state index in [2.05, 4.69) is 0 Å². The highest BCUT2D eigenvalue weighted by atomic mass is 16.5. The number of aromatic hydroxyl groups is 1. The molecule has 0 radical (unpaired) electrons. The summed E-state index contributed by atoms with van der Waals surface area (Å²) in [6, 6.07) is 1.93. The van der Waals surface area contributed by atoms with E-state index >= 15 is 0 Å². The normalized spacial score (nSPS) is 18.9. The lowest BCUT2D eigenvalue weighted by atomic mass is 9.84. The summed E-state index contributed by atoms with van der Waals surface area (Å²) in [6.45, 7) is 6.10. The van der Waals surface area contributed by atoms with Gasteiger partial charge in [-0.15, -0.1) is 0 Å². The minimum absolute atomic E-state index is 0.0481. The van der Waals surface area contributed by atoms with Crippen molar-refractivity contribution >= 4 is 0 Å². The zero-order chi connectivity index (χ0) is 12.8. The van der Waals surface area contributed by atoms with Crippen molar-refractivity contribution in [3.63, 3.8) is 0 Å². The van der Waals surface area contributed by atoms with Crippen LogP contribution < -0.4 is 10.5 Å². The first-order valence-corrected chi connectivity index (χ1v) is 6.07. The van der Waals surface area contributed by atoms with Gasteiger partial charge in [-0.3, -0.25) is 0 Å². The van der Waals surface area contributed by atoms with Gasteiger partial charge in [0.25, 0.3) is 0 Å². The Morgan fingerprint density at radius 1 is 1.41 bits per heavy atom. The Kier molecular flexibility index (Phi) is 2.82. The van der Waals surface area contributed by atoms with Crippen LogP contribution in [0.15, 0.2) is 6.07 Å². The van der Waals surface area contributed by atoms with Crippen LogP contribution in [0.1, 0.15) is 36.5 Å². The lowest BCUT2D eigenvalue weighted by Gasteiger charge is -2.25. The molecule has 0 amide bonds. The number of phenolic OH excluding ortho intramolecular Hbond substituents is 1. The van der Waals surface area contributed by atoms with Crippen molar-refractivity contribution in [1.82, 2.24) is 0 Å². The van der Waals surface area contributed by atoms with Crippen molar-refractivity contribution in [3.8, 4) is 11.5 Å². The minimum atomic E-state index is -0.0481. The number of ether oxygens (including phenoxy) is 1. The number of methoxy groups -OCH3 is 1. The van der Waals surface area contributed by atoms with Crippen LogP contribution in [0.2, 0.25) is 0 Å². The molecular weight excluding hydrogens is 214 g/mol. The summed E-state index contributed by atoms with van der Waals surface area (Å²) < 4.78 is 5.23. The highest BCUT2D eigenvalue weighted by Gasteiger charge is 2.50. The SMILES string of the molecule is COc1cc(C)c(C)c(C2(C(C)N)CC2)c1O. The van der Waals surface area contributed by atoms with Gasteiger partial charge in [-0.25, -0.2) is 0 Å². The highest BCUT2D eigenvalue weighted by molar-refractivity contribution is 5.58. The molecule has 0 heterocycles. The minimum Gasteiger partial charge on any atom is -0.504 e. The molecule has 17 heavy (non-hydrogen) atoms. The predicted octanol–water partition coefficient (Wildman–Crippen LogP) is 2.40. The molecule has 1 aromatic carbocycles. The highest BCUT2D eigenvalue weighted by Crippen LogP contribution is 2.56. The van der Waals surface area contributed by atoms with Crippen molar-refractivity contribution in [3.05, 3.63) is 22.8 Å². The first-order chi connectivity index (χ1) is 7.94. The summed E-state index contributed by atoms with van der Waals surface area (Å²) >= 11 is 0. The van der Waals surface area contributed by atoms with E-state index in [4.69, 9.17) is 10.5 Å². The second kappa shape index (κ2) is 3.91. The van der Waals surface area contributed by atoms with E-state index in [9.17, 15) is 5.11 Å². The zero-order valence-corrected chi connectivity index (χ0v) is 11.0. The fourth-order valence-corrected chi connectivity index (χ4v) is 2.70. The van der Waals surface area contributed by atoms with Gasteiger partial charge in [0, 0.05) is 17.0 Å². The Morgan fingerprint density at radius 2 is 2.00 bits per heavy atom. The molecule has 1 fully saturated rings. The maximum absolute atomic E-state index is 10.3. The van der Waals surface area contributed by atoms with Crippen molar-refractivity contribution in [2.24, 2.45) is 5.73 Å². The molecule has 1 unspecified atom stereocenters. The zero-order valence-electron chi connectivity index (χ0n) is 11.0. The molecular formula is C14H21NO2. The van der Waals surface area contributed by atoms with Crippen molar-refractivity contribution in [1.29, 1.82) is 0 Å². The Hall–Kier alpha value is -1.22. The molecule has 2 rings (SSSR count). The van der Waals surface area contributed by atoms with Gasteiger partial charge >= 0.3 is 0 Å². The number of hydrogen-bond donors (Lipinski definition) is 2. The second-order valence-electron chi connectivity index (χ2n) is 5.19. The van der Waals surface area contributed by atoms with Gasteiger partial charge in [0.2, 0.25) is 0 Å². The number of rotatable bonds is 3. The molecule has 1 atom stereocenters. The van der Waals surface area contributed by atoms with Gasteiger partial charge in [0.15, 0.2) is 11.5 Å². The topological polar surface area (TPSA) is 55.5 Å². The molecule has 3 heteroatoms. The van der Waals surface area contributed by atoms with Gasteiger partial charge in [0.05, 0.1) is 7.11 Å². The molecule has 3 N–H and O–H groups in total. The van der Waals surface area contributed by atoms with Gasteiger partial charge in [-0.1, -0.05) is 0 Å². The lowest BCUT2D eigenvalue weighted by molar-refractivity contribution is 0.364. The quantitative estimate of drug-likeness (QED) is 0.845. The summed E-state index contributed by atoms with van der Waals surface area (Å²) in [5, 5.41) is 10.3. The summed E-state index contributed by atoms with van der Waals surface area (Å²) in [4.78, 5) is 0. The summed E-state index contributed by atoms with van der Waals surface area (Å²) in [6.07, 6.45) is 2.09. The lowest BCUT2D eigenvalue weighted by Crippen LogP contribution is -2.32. The Bertz CT molecular complexity index is 448. The smallest absolute Gasteiger partial charge is 0.161 e. The van der Waals surface area contributed by atoms with Gasteiger partial charge in [-0.05, 0) is 50.8 Å². The first-order valence-electron chi connectivity index (χ1n) is 6.07. The third-order valence-electron chi connectivity index (χ3n) is 4.16. The third-order valence-corrected chi connectivity index (χ3v) is 4.16. The maximum atomic E-state index is 10.3. The number of phenols is 1. The van der Waals surface area contributed by atoms with Crippen molar-refractivity contribution < 1.29 is 9.84 Å². The average Bonchev–Trinajstić information content (AvgIpc) is 3.05. The van der Waals surface area contributed by atoms with Gasteiger partial charge in [-0.2, -0.15) is 0 Å². The number of benzene rings is 1. The maximum Gasteiger partial charge on any atom is 0.161 e. The molecule has 1 saturated carbocycles. The Morgan fingerprint density at radius 3 is 2.41 bits per heavy atom. The molecule has 1 aliphatic carbocycles.